The van der Waals surface area contributed by atoms with Crippen molar-refractivity contribution in [2.24, 2.45) is 0 Å². The summed E-state index contributed by atoms with van der Waals surface area (Å²) in [6.45, 7) is 0. The summed E-state index contributed by atoms with van der Waals surface area (Å²) in [5, 5.41) is 2.71. The Bertz CT molecular complexity index is 838. The average molecular weight is 346 g/mol. The van der Waals surface area contributed by atoms with E-state index >= 15 is 0 Å². The van der Waals surface area contributed by atoms with Gasteiger partial charge in [0.15, 0.2) is 0 Å². The van der Waals surface area contributed by atoms with Crippen molar-refractivity contribution in [2.45, 2.75) is 0 Å². The van der Waals surface area contributed by atoms with Gasteiger partial charge in [0.1, 0.15) is 5.82 Å². The summed E-state index contributed by atoms with van der Waals surface area (Å²) >= 11 is 3.08. The van der Waals surface area contributed by atoms with Crippen LogP contribution in [0.2, 0.25) is 0 Å². The van der Waals surface area contributed by atoms with E-state index in [-0.39, 0.29) is 11.7 Å². The predicted octanol–water partition coefficient (Wildman–Crippen LogP) is 3.78. The number of aromatic nitrogens is 2. The van der Waals surface area contributed by atoms with Crippen LogP contribution in [-0.2, 0) is 0 Å². The van der Waals surface area contributed by atoms with Gasteiger partial charge in [0, 0.05) is 23.6 Å². The zero-order chi connectivity index (χ0) is 14.8. The van der Waals surface area contributed by atoms with E-state index in [1.807, 2.05) is 0 Å². The molecule has 0 unspecified atom stereocenters. The third kappa shape index (κ3) is 2.90. The molecule has 0 atom stereocenters. The molecule has 0 bridgehead atoms. The minimum atomic E-state index is -0.381. The SMILES string of the molecule is O=C(Nc1ccc(F)c(Br)c1)c1ccc2nccnc2c1. The van der Waals surface area contributed by atoms with Crippen molar-refractivity contribution in [1.29, 1.82) is 0 Å². The zero-order valence-electron chi connectivity index (χ0n) is 10.7. The molecule has 6 heteroatoms. The van der Waals surface area contributed by atoms with Gasteiger partial charge in [-0.15, -0.1) is 0 Å². The van der Waals surface area contributed by atoms with Crippen molar-refractivity contribution in [1.82, 2.24) is 9.97 Å². The number of anilines is 1. The smallest absolute Gasteiger partial charge is 0.255 e. The van der Waals surface area contributed by atoms with Crippen molar-refractivity contribution in [3.8, 4) is 0 Å². The number of halogens is 2. The number of hydrogen-bond acceptors (Lipinski definition) is 3. The maximum atomic E-state index is 13.2. The second kappa shape index (κ2) is 5.57. The van der Waals surface area contributed by atoms with Gasteiger partial charge in [-0.25, -0.2) is 4.39 Å². The highest BCUT2D eigenvalue weighted by molar-refractivity contribution is 9.10. The van der Waals surface area contributed by atoms with Crippen LogP contribution in [0.5, 0.6) is 0 Å². The maximum absolute atomic E-state index is 13.2. The maximum Gasteiger partial charge on any atom is 0.255 e. The third-order valence-corrected chi connectivity index (χ3v) is 3.52. The monoisotopic (exact) mass is 345 g/mol. The molecule has 0 spiro atoms. The second-order valence-corrected chi connectivity index (χ2v) is 5.20. The lowest BCUT2D eigenvalue weighted by molar-refractivity contribution is 0.102. The van der Waals surface area contributed by atoms with Crippen LogP contribution in [0.25, 0.3) is 11.0 Å². The molecule has 4 nitrogen and oxygen atoms in total. The summed E-state index contributed by atoms with van der Waals surface area (Å²) in [6, 6.07) is 9.36. The molecule has 0 saturated carbocycles. The van der Waals surface area contributed by atoms with E-state index in [4.69, 9.17) is 0 Å². The fraction of sp³-hybridized carbons (Fsp3) is 0. The first-order valence-electron chi connectivity index (χ1n) is 6.11. The van der Waals surface area contributed by atoms with Gasteiger partial charge in [-0.05, 0) is 52.3 Å². The molecule has 0 aliphatic carbocycles. The van der Waals surface area contributed by atoms with E-state index in [9.17, 15) is 9.18 Å². The molecule has 3 rings (SSSR count). The summed E-state index contributed by atoms with van der Waals surface area (Å²) in [5.74, 6) is -0.671. The Morgan fingerprint density at radius 2 is 1.81 bits per heavy atom. The molecule has 3 aromatic rings. The quantitative estimate of drug-likeness (QED) is 0.768. The number of nitrogens with zero attached hydrogens (tertiary/aromatic N) is 2. The molecule has 0 fully saturated rings. The van der Waals surface area contributed by atoms with Gasteiger partial charge in [0.05, 0.1) is 15.5 Å². The number of carbonyl (C=O) groups is 1. The van der Waals surface area contributed by atoms with Crippen LogP contribution in [0.15, 0.2) is 53.3 Å². The fourth-order valence-corrected chi connectivity index (χ4v) is 2.26. The standard InChI is InChI=1S/C15H9BrFN3O/c16-11-8-10(2-3-12(11)17)20-15(21)9-1-4-13-14(7-9)19-6-5-18-13/h1-8H,(H,20,21). The first-order chi connectivity index (χ1) is 10.1. The van der Waals surface area contributed by atoms with E-state index in [0.29, 0.717) is 21.2 Å². The first kappa shape index (κ1) is 13.6. The molecule has 0 aliphatic rings. The number of benzene rings is 2. The van der Waals surface area contributed by atoms with Crippen LogP contribution < -0.4 is 5.32 Å². The number of carbonyl (C=O) groups excluding carboxylic acids is 1. The highest BCUT2D eigenvalue weighted by Crippen LogP contribution is 2.21. The Hall–Kier alpha value is -2.34. The molecular weight excluding hydrogens is 337 g/mol. The molecule has 1 heterocycles. The predicted molar refractivity (Wildman–Crippen MR) is 81.6 cm³/mol. The summed E-state index contributed by atoms with van der Waals surface area (Å²) in [6.07, 6.45) is 3.17. The van der Waals surface area contributed by atoms with Gasteiger partial charge >= 0.3 is 0 Å². The first-order valence-corrected chi connectivity index (χ1v) is 6.90. The second-order valence-electron chi connectivity index (χ2n) is 4.34. The Balaban J connectivity index is 1.87. The lowest BCUT2D eigenvalue weighted by Gasteiger charge is -2.06. The number of nitrogens with one attached hydrogen (secondary N) is 1. The van der Waals surface area contributed by atoms with Crippen molar-refractivity contribution < 1.29 is 9.18 Å². The van der Waals surface area contributed by atoms with E-state index < -0.39 is 0 Å². The normalized spacial score (nSPS) is 10.6. The summed E-state index contributed by atoms with van der Waals surface area (Å²) < 4.78 is 13.5. The molecular formula is C15H9BrFN3O. The van der Waals surface area contributed by atoms with Gasteiger partial charge < -0.3 is 5.32 Å². The van der Waals surface area contributed by atoms with Gasteiger partial charge in [-0.2, -0.15) is 0 Å². The Kier molecular flexibility index (Phi) is 3.62. The average Bonchev–Trinajstić information content (AvgIpc) is 2.50. The van der Waals surface area contributed by atoms with Crippen LogP contribution in [0.1, 0.15) is 10.4 Å². The molecule has 1 amide bonds. The molecule has 1 aromatic heterocycles. The Morgan fingerprint density at radius 3 is 2.57 bits per heavy atom. The van der Waals surface area contributed by atoms with Crippen molar-refractivity contribution in [3.63, 3.8) is 0 Å². The Morgan fingerprint density at radius 1 is 1.05 bits per heavy atom. The highest BCUT2D eigenvalue weighted by Gasteiger charge is 2.09. The zero-order valence-corrected chi connectivity index (χ0v) is 12.3. The minimum absolute atomic E-state index is 0.291. The third-order valence-electron chi connectivity index (χ3n) is 2.91. The van der Waals surface area contributed by atoms with Gasteiger partial charge in [-0.3, -0.25) is 14.8 Å². The molecule has 2 aromatic carbocycles. The number of fused-ring (bicyclic) bond motifs is 1. The van der Waals surface area contributed by atoms with E-state index in [0.717, 1.165) is 5.52 Å². The van der Waals surface area contributed by atoms with E-state index in [1.165, 1.54) is 18.2 Å². The van der Waals surface area contributed by atoms with Crippen LogP contribution in [0.4, 0.5) is 10.1 Å². The van der Waals surface area contributed by atoms with Crippen molar-refractivity contribution >= 4 is 38.6 Å². The van der Waals surface area contributed by atoms with Crippen LogP contribution in [0, 0.1) is 5.82 Å². The highest BCUT2D eigenvalue weighted by atomic mass is 79.9. The largest absolute Gasteiger partial charge is 0.322 e. The van der Waals surface area contributed by atoms with Crippen LogP contribution in [-0.4, -0.2) is 15.9 Å². The molecule has 0 aliphatic heterocycles. The lowest BCUT2D eigenvalue weighted by atomic mass is 10.1. The van der Waals surface area contributed by atoms with Gasteiger partial charge in [0.2, 0.25) is 0 Å². The van der Waals surface area contributed by atoms with Gasteiger partial charge in [0.25, 0.3) is 5.91 Å². The molecule has 0 saturated heterocycles. The number of amides is 1. The number of hydrogen-bond donors (Lipinski definition) is 1. The lowest BCUT2D eigenvalue weighted by Crippen LogP contribution is -2.12. The van der Waals surface area contributed by atoms with E-state index in [1.54, 1.807) is 30.6 Å². The topological polar surface area (TPSA) is 54.9 Å². The van der Waals surface area contributed by atoms with E-state index in [2.05, 4.69) is 31.2 Å². The number of rotatable bonds is 2. The molecule has 0 radical (unpaired) electrons. The molecule has 21 heavy (non-hydrogen) atoms. The molecule has 104 valence electrons. The summed E-state index contributed by atoms with van der Waals surface area (Å²) in [7, 11) is 0. The van der Waals surface area contributed by atoms with Crippen LogP contribution >= 0.6 is 15.9 Å². The van der Waals surface area contributed by atoms with Crippen molar-refractivity contribution in [2.75, 3.05) is 5.32 Å². The summed E-state index contributed by atoms with van der Waals surface area (Å²) in [4.78, 5) is 20.5. The summed E-state index contributed by atoms with van der Waals surface area (Å²) in [5.41, 5.74) is 2.33. The minimum Gasteiger partial charge on any atom is -0.322 e. The Labute approximate surface area is 128 Å². The van der Waals surface area contributed by atoms with Gasteiger partial charge in [-0.1, -0.05) is 0 Å². The van der Waals surface area contributed by atoms with Crippen molar-refractivity contribution in [3.05, 3.63) is 64.6 Å². The van der Waals surface area contributed by atoms with Crippen LogP contribution in [0.3, 0.4) is 0 Å². The molecule has 1 N–H and O–H groups in total. The fourth-order valence-electron chi connectivity index (χ4n) is 1.88.